The van der Waals surface area contributed by atoms with E-state index in [0.29, 0.717) is 25.1 Å². The number of rotatable bonds is 0. The number of likely N-dealkylation sites (tertiary alicyclic amines) is 1. The number of phenols is 1. The maximum Gasteiger partial charge on any atom is 0.230 e. The van der Waals surface area contributed by atoms with Gasteiger partial charge in [-0.25, -0.2) is 0 Å². The third kappa shape index (κ3) is 1.39. The quantitative estimate of drug-likeness (QED) is 0.661. The summed E-state index contributed by atoms with van der Waals surface area (Å²) < 4.78 is 6.21. The molecule has 28 heavy (non-hydrogen) atoms. The molecule has 0 aromatic heterocycles. The van der Waals surface area contributed by atoms with Gasteiger partial charge in [0.05, 0.1) is 47.9 Å². The summed E-state index contributed by atoms with van der Waals surface area (Å²) in [4.78, 5) is 17.5. The average molecular weight is 380 g/mol. The van der Waals surface area contributed by atoms with E-state index >= 15 is 0 Å². The first-order valence-electron chi connectivity index (χ1n) is 10.4. The van der Waals surface area contributed by atoms with E-state index in [1.54, 1.807) is 6.07 Å². The van der Waals surface area contributed by atoms with Gasteiger partial charge in [0.1, 0.15) is 5.75 Å². The van der Waals surface area contributed by atoms with Gasteiger partial charge in [-0.05, 0) is 49.6 Å². The first-order valence-corrected chi connectivity index (χ1v) is 10.4. The Labute approximate surface area is 163 Å². The predicted octanol–water partition coefficient (Wildman–Crippen LogP) is 1.16. The van der Waals surface area contributed by atoms with Gasteiger partial charge in [-0.2, -0.15) is 0 Å². The number of carbonyl (C=O) groups excluding carboxylic acids is 1. The Bertz CT molecular complexity index is 975. The molecule has 7 atom stereocenters. The number of carbonyl (C=O) groups is 1. The van der Waals surface area contributed by atoms with Crippen LogP contribution in [0, 0.1) is 11.8 Å². The number of aromatic hydroxyl groups is 1. The van der Waals surface area contributed by atoms with Crippen LogP contribution in [0.1, 0.15) is 24.8 Å². The fourth-order valence-corrected chi connectivity index (χ4v) is 8.15. The maximum atomic E-state index is 13.3. The summed E-state index contributed by atoms with van der Waals surface area (Å²) in [5, 5.41) is 23.1. The fourth-order valence-electron chi connectivity index (χ4n) is 8.15. The Hall–Kier alpha value is -1.89. The number of para-hydroxylation sites is 1. The molecule has 7 rings (SSSR count). The minimum Gasteiger partial charge on any atom is -0.506 e. The molecule has 0 radical (unpaired) electrons. The Morgan fingerprint density at radius 3 is 3.04 bits per heavy atom. The van der Waals surface area contributed by atoms with Gasteiger partial charge >= 0.3 is 0 Å². The van der Waals surface area contributed by atoms with Crippen LogP contribution in [-0.2, 0) is 14.9 Å². The molecule has 4 heterocycles. The first kappa shape index (κ1) is 16.0. The molecule has 4 aliphatic heterocycles. The zero-order valence-corrected chi connectivity index (χ0v) is 15.8. The van der Waals surface area contributed by atoms with Gasteiger partial charge in [0.25, 0.3) is 0 Å². The van der Waals surface area contributed by atoms with E-state index in [2.05, 4.69) is 18.0 Å². The number of anilines is 1. The van der Waals surface area contributed by atoms with Crippen LogP contribution < -0.4 is 4.90 Å². The van der Waals surface area contributed by atoms with E-state index in [0.717, 1.165) is 18.5 Å². The molecular formula is C22H24N2O4. The minimum absolute atomic E-state index is 0.00898. The molecule has 2 saturated carbocycles. The molecule has 1 aromatic carbocycles. The lowest BCUT2D eigenvalue weighted by Crippen LogP contribution is -2.74. The standard InChI is InChI=1S/C22H24N2O4/c1-23-7-6-21-13-3-2-4-14(25)18(13)24-16(26)9-15-17(20(21)24)12-10-22(21,27)19(23)11(12)5-8-28-15/h2-5,12,15,17,19-20,25,27H,6-10H2,1H3. The van der Waals surface area contributed by atoms with Crippen LogP contribution in [-0.4, -0.2) is 65.0 Å². The topological polar surface area (TPSA) is 73.2 Å². The molecule has 146 valence electrons. The molecule has 1 amide bonds. The number of hydrogen-bond acceptors (Lipinski definition) is 5. The summed E-state index contributed by atoms with van der Waals surface area (Å²) in [6, 6.07) is 5.35. The Balaban J connectivity index is 1.61. The van der Waals surface area contributed by atoms with Gasteiger partial charge in [0.15, 0.2) is 0 Å². The second-order valence-corrected chi connectivity index (χ2v) is 9.58. The summed E-state index contributed by atoms with van der Waals surface area (Å²) in [5.41, 5.74) is 1.41. The van der Waals surface area contributed by atoms with Crippen molar-refractivity contribution in [2.75, 3.05) is 25.1 Å². The molecule has 6 nitrogen and oxygen atoms in total. The van der Waals surface area contributed by atoms with Crippen LogP contribution in [0.15, 0.2) is 29.8 Å². The van der Waals surface area contributed by atoms with E-state index < -0.39 is 11.0 Å². The second kappa shape index (κ2) is 4.64. The number of phenolic OH excluding ortho intramolecular Hbond substituents is 1. The maximum absolute atomic E-state index is 13.3. The molecule has 4 fully saturated rings. The van der Waals surface area contributed by atoms with Crippen LogP contribution in [0.3, 0.4) is 0 Å². The molecule has 7 unspecified atom stereocenters. The zero-order chi connectivity index (χ0) is 19.0. The number of hydrogen-bond donors (Lipinski definition) is 2. The van der Waals surface area contributed by atoms with Crippen molar-refractivity contribution in [2.24, 2.45) is 11.8 Å². The second-order valence-electron chi connectivity index (χ2n) is 9.58. The summed E-state index contributed by atoms with van der Waals surface area (Å²) >= 11 is 0. The number of nitrogens with zero attached hydrogens (tertiary/aromatic N) is 2. The van der Waals surface area contributed by atoms with Crippen molar-refractivity contribution in [3.05, 3.63) is 35.4 Å². The summed E-state index contributed by atoms with van der Waals surface area (Å²) in [6.07, 6.45) is 3.91. The lowest BCUT2D eigenvalue weighted by Gasteiger charge is -2.61. The van der Waals surface area contributed by atoms with E-state index in [4.69, 9.17) is 4.74 Å². The highest BCUT2D eigenvalue weighted by molar-refractivity contribution is 6.01. The van der Waals surface area contributed by atoms with Gasteiger partial charge < -0.3 is 19.8 Å². The monoisotopic (exact) mass is 380 g/mol. The molecule has 6 bridgehead atoms. The molecule has 2 N–H and O–H groups in total. The summed E-state index contributed by atoms with van der Waals surface area (Å²) in [5.74, 6) is 0.547. The van der Waals surface area contributed by atoms with Crippen LogP contribution in [0.4, 0.5) is 5.69 Å². The van der Waals surface area contributed by atoms with Gasteiger partial charge in [0.2, 0.25) is 5.91 Å². The van der Waals surface area contributed by atoms with Gasteiger partial charge in [0, 0.05) is 5.92 Å². The number of likely N-dealkylation sites (N-methyl/N-ethyl adjacent to an activating group) is 1. The summed E-state index contributed by atoms with van der Waals surface area (Å²) in [6.45, 7) is 1.38. The Morgan fingerprint density at radius 2 is 2.18 bits per heavy atom. The van der Waals surface area contributed by atoms with E-state index in [1.165, 1.54) is 5.57 Å². The van der Waals surface area contributed by atoms with Crippen molar-refractivity contribution < 1.29 is 19.7 Å². The molecule has 1 aromatic rings. The largest absolute Gasteiger partial charge is 0.506 e. The van der Waals surface area contributed by atoms with Crippen LogP contribution in [0.2, 0.25) is 0 Å². The van der Waals surface area contributed by atoms with Gasteiger partial charge in [-0.3, -0.25) is 9.69 Å². The molecule has 2 aliphatic carbocycles. The molecule has 1 spiro atoms. The number of amides is 1. The van der Waals surface area contributed by atoms with E-state index in [-0.39, 0.29) is 41.7 Å². The first-order chi connectivity index (χ1) is 13.5. The SMILES string of the molecule is CN1CCC23c4cccc(O)c4N4C(=O)CC5OCC=C6C(CC2(O)C61)C5C43. The molecule has 6 heteroatoms. The normalized spacial score (nSPS) is 47.6. The van der Waals surface area contributed by atoms with Crippen molar-refractivity contribution in [1.82, 2.24) is 4.90 Å². The minimum atomic E-state index is -0.936. The van der Waals surface area contributed by atoms with Crippen LogP contribution in [0.5, 0.6) is 5.75 Å². The number of piperidine rings is 2. The fraction of sp³-hybridized carbons (Fsp3) is 0.591. The lowest BCUT2D eigenvalue weighted by atomic mass is 9.51. The number of aliphatic hydroxyl groups is 1. The van der Waals surface area contributed by atoms with Gasteiger partial charge in [-0.1, -0.05) is 18.2 Å². The number of benzene rings is 1. The van der Waals surface area contributed by atoms with Crippen molar-refractivity contribution in [2.45, 2.75) is 48.5 Å². The third-order valence-electron chi connectivity index (χ3n) is 8.85. The van der Waals surface area contributed by atoms with Crippen molar-refractivity contribution in [1.29, 1.82) is 0 Å². The van der Waals surface area contributed by atoms with E-state index in [9.17, 15) is 15.0 Å². The van der Waals surface area contributed by atoms with Crippen molar-refractivity contribution >= 4 is 11.6 Å². The predicted molar refractivity (Wildman–Crippen MR) is 101 cm³/mol. The highest BCUT2D eigenvalue weighted by Gasteiger charge is 2.79. The van der Waals surface area contributed by atoms with Crippen LogP contribution in [0.25, 0.3) is 0 Å². The highest BCUT2D eigenvalue weighted by atomic mass is 16.5. The highest BCUT2D eigenvalue weighted by Crippen LogP contribution is 2.71. The molecular weight excluding hydrogens is 356 g/mol. The Morgan fingerprint density at radius 1 is 1.32 bits per heavy atom. The zero-order valence-electron chi connectivity index (χ0n) is 15.8. The lowest BCUT2D eigenvalue weighted by molar-refractivity contribution is -0.163. The average Bonchev–Trinajstić information content (AvgIpc) is 3.06. The van der Waals surface area contributed by atoms with E-state index in [1.807, 2.05) is 17.0 Å². The number of ether oxygens (including phenoxy) is 1. The third-order valence-corrected chi connectivity index (χ3v) is 8.85. The van der Waals surface area contributed by atoms with Crippen molar-refractivity contribution in [3.8, 4) is 5.75 Å². The van der Waals surface area contributed by atoms with Crippen LogP contribution >= 0.6 is 0 Å². The summed E-state index contributed by atoms with van der Waals surface area (Å²) in [7, 11) is 2.10. The smallest absolute Gasteiger partial charge is 0.230 e. The van der Waals surface area contributed by atoms with Crippen molar-refractivity contribution in [3.63, 3.8) is 0 Å². The van der Waals surface area contributed by atoms with Gasteiger partial charge in [-0.15, -0.1) is 0 Å². The molecule has 6 aliphatic rings. The Kier molecular flexibility index (Phi) is 2.64. The number of fused-ring (bicyclic) bond motifs is 2. The molecule has 2 saturated heterocycles.